The van der Waals surface area contributed by atoms with E-state index < -0.39 is 5.60 Å². The molecular weight excluding hydrogens is 250 g/mol. The van der Waals surface area contributed by atoms with Crippen LogP contribution in [0.25, 0.3) is 0 Å². The van der Waals surface area contributed by atoms with Crippen molar-refractivity contribution in [2.45, 2.75) is 31.3 Å². The van der Waals surface area contributed by atoms with Crippen LogP contribution in [-0.4, -0.2) is 35.8 Å². The first kappa shape index (κ1) is 13.9. The molecule has 2 N–H and O–H groups in total. The van der Waals surface area contributed by atoms with E-state index in [4.69, 9.17) is 0 Å². The van der Waals surface area contributed by atoms with E-state index in [1.54, 1.807) is 12.1 Å². The minimum atomic E-state index is -0.785. The molecular formula is C17H25NO2. The third-order valence-corrected chi connectivity index (χ3v) is 5.27. The molecule has 0 heterocycles. The first-order chi connectivity index (χ1) is 9.49. The topological polar surface area (TPSA) is 43.7 Å². The summed E-state index contributed by atoms with van der Waals surface area (Å²) >= 11 is 0. The summed E-state index contributed by atoms with van der Waals surface area (Å²) in [5.41, 5.74) is 0.105. The van der Waals surface area contributed by atoms with Gasteiger partial charge in [0.15, 0.2) is 0 Å². The van der Waals surface area contributed by atoms with E-state index in [2.05, 4.69) is 19.0 Å². The molecule has 2 saturated carbocycles. The molecule has 0 unspecified atom stereocenters. The zero-order valence-electron chi connectivity index (χ0n) is 12.4. The Bertz CT molecular complexity index is 488. The molecule has 4 atom stereocenters. The number of fused-ring (bicyclic) bond motifs is 2. The molecule has 0 radical (unpaired) electrons. The average Bonchev–Trinajstić information content (AvgIpc) is 2.78. The Morgan fingerprint density at radius 2 is 2.10 bits per heavy atom. The van der Waals surface area contributed by atoms with Gasteiger partial charge in [0.2, 0.25) is 0 Å². The fourth-order valence-corrected chi connectivity index (χ4v) is 4.45. The zero-order valence-corrected chi connectivity index (χ0v) is 12.4. The van der Waals surface area contributed by atoms with Crippen molar-refractivity contribution >= 4 is 0 Å². The first-order valence-corrected chi connectivity index (χ1v) is 7.65. The van der Waals surface area contributed by atoms with Crippen molar-refractivity contribution in [3.8, 4) is 5.75 Å². The van der Waals surface area contributed by atoms with Gasteiger partial charge in [-0.2, -0.15) is 0 Å². The summed E-state index contributed by atoms with van der Waals surface area (Å²) in [7, 11) is 4.15. The van der Waals surface area contributed by atoms with Crippen molar-refractivity contribution in [2.24, 2.45) is 17.8 Å². The SMILES string of the molecule is CN(C)C[C@H]1[C@H]2CC[C@@H](C2)C[C@]1(O)c1cccc(O)c1. The van der Waals surface area contributed by atoms with Crippen LogP contribution in [0.2, 0.25) is 0 Å². The lowest BCUT2D eigenvalue weighted by Crippen LogP contribution is -2.47. The second-order valence-corrected chi connectivity index (χ2v) is 6.99. The van der Waals surface area contributed by atoms with Crippen LogP contribution < -0.4 is 0 Å². The molecule has 1 aromatic carbocycles. The summed E-state index contributed by atoms with van der Waals surface area (Å²) in [6.45, 7) is 0.906. The van der Waals surface area contributed by atoms with Crippen LogP contribution in [0.3, 0.4) is 0 Å². The third kappa shape index (κ3) is 2.33. The second-order valence-electron chi connectivity index (χ2n) is 6.99. The number of benzene rings is 1. The van der Waals surface area contributed by atoms with E-state index in [9.17, 15) is 10.2 Å². The monoisotopic (exact) mass is 275 g/mol. The van der Waals surface area contributed by atoms with Crippen LogP contribution in [-0.2, 0) is 5.60 Å². The first-order valence-electron chi connectivity index (χ1n) is 7.65. The van der Waals surface area contributed by atoms with Gasteiger partial charge in [0.05, 0.1) is 5.60 Å². The van der Waals surface area contributed by atoms with Gasteiger partial charge in [-0.05, 0) is 62.9 Å². The average molecular weight is 275 g/mol. The number of hydrogen-bond acceptors (Lipinski definition) is 3. The number of phenols is 1. The molecule has 3 heteroatoms. The van der Waals surface area contributed by atoms with Gasteiger partial charge in [0.25, 0.3) is 0 Å². The molecule has 1 aromatic rings. The summed E-state index contributed by atoms with van der Waals surface area (Å²) in [6, 6.07) is 7.22. The van der Waals surface area contributed by atoms with E-state index in [0.29, 0.717) is 11.8 Å². The minimum absolute atomic E-state index is 0.248. The maximum absolute atomic E-state index is 11.4. The summed E-state index contributed by atoms with van der Waals surface area (Å²) < 4.78 is 0. The highest BCUT2D eigenvalue weighted by molar-refractivity contribution is 5.33. The maximum Gasteiger partial charge on any atom is 0.115 e. The number of rotatable bonds is 3. The molecule has 0 amide bonds. The highest BCUT2D eigenvalue weighted by Crippen LogP contribution is 2.54. The predicted octanol–water partition coefficient (Wildman–Crippen LogP) is 2.58. The van der Waals surface area contributed by atoms with Gasteiger partial charge >= 0.3 is 0 Å². The lowest BCUT2D eigenvalue weighted by Gasteiger charge is -2.45. The van der Waals surface area contributed by atoms with Gasteiger partial charge in [-0.25, -0.2) is 0 Å². The zero-order chi connectivity index (χ0) is 14.3. The van der Waals surface area contributed by atoms with Gasteiger partial charge in [0, 0.05) is 12.5 Å². The molecule has 3 rings (SSSR count). The predicted molar refractivity (Wildman–Crippen MR) is 79.5 cm³/mol. The molecule has 2 bridgehead atoms. The summed E-state index contributed by atoms with van der Waals surface area (Å²) in [5, 5.41) is 21.2. The van der Waals surface area contributed by atoms with Crippen molar-refractivity contribution in [3.63, 3.8) is 0 Å². The molecule has 0 aliphatic heterocycles. The molecule has 3 nitrogen and oxygen atoms in total. The molecule has 0 saturated heterocycles. The molecule has 2 fully saturated rings. The van der Waals surface area contributed by atoms with Gasteiger partial charge in [-0.3, -0.25) is 0 Å². The van der Waals surface area contributed by atoms with Crippen LogP contribution in [0, 0.1) is 17.8 Å². The third-order valence-electron chi connectivity index (χ3n) is 5.27. The van der Waals surface area contributed by atoms with Crippen LogP contribution in [0.1, 0.15) is 31.2 Å². The maximum atomic E-state index is 11.4. The Morgan fingerprint density at radius 1 is 1.30 bits per heavy atom. The summed E-state index contributed by atoms with van der Waals surface area (Å²) in [6.07, 6.45) is 4.59. The Morgan fingerprint density at radius 3 is 2.80 bits per heavy atom. The van der Waals surface area contributed by atoms with Crippen molar-refractivity contribution in [3.05, 3.63) is 29.8 Å². The van der Waals surface area contributed by atoms with Crippen LogP contribution >= 0.6 is 0 Å². The normalized spacial score (nSPS) is 36.5. The Hall–Kier alpha value is -1.06. The van der Waals surface area contributed by atoms with E-state index in [1.165, 1.54) is 19.3 Å². The summed E-state index contributed by atoms with van der Waals surface area (Å²) in [4.78, 5) is 2.18. The number of aliphatic hydroxyl groups is 1. The van der Waals surface area contributed by atoms with Crippen LogP contribution in [0.15, 0.2) is 24.3 Å². The molecule has 20 heavy (non-hydrogen) atoms. The smallest absolute Gasteiger partial charge is 0.115 e. The van der Waals surface area contributed by atoms with Crippen molar-refractivity contribution in [1.82, 2.24) is 4.90 Å². The fraction of sp³-hybridized carbons (Fsp3) is 0.647. The second kappa shape index (κ2) is 5.05. The van der Waals surface area contributed by atoms with E-state index in [1.807, 2.05) is 12.1 Å². The number of aromatic hydroxyl groups is 1. The molecule has 2 aliphatic carbocycles. The van der Waals surface area contributed by atoms with Crippen LogP contribution in [0.5, 0.6) is 5.75 Å². The highest BCUT2D eigenvalue weighted by atomic mass is 16.3. The van der Waals surface area contributed by atoms with Crippen molar-refractivity contribution in [1.29, 1.82) is 0 Å². The van der Waals surface area contributed by atoms with Gasteiger partial charge in [-0.15, -0.1) is 0 Å². The Balaban J connectivity index is 1.98. The number of hydrogen-bond donors (Lipinski definition) is 2. The van der Waals surface area contributed by atoms with Crippen molar-refractivity contribution in [2.75, 3.05) is 20.6 Å². The minimum Gasteiger partial charge on any atom is -0.508 e. The van der Waals surface area contributed by atoms with Gasteiger partial charge < -0.3 is 15.1 Å². The quantitative estimate of drug-likeness (QED) is 0.891. The number of nitrogens with zero attached hydrogens (tertiary/aromatic N) is 1. The standard InChI is InChI=1S/C17H25NO2/c1-18(2)11-16-13-7-6-12(8-13)10-17(16,20)14-4-3-5-15(19)9-14/h3-5,9,12-13,16,19-20H,6-8,10-11H2,1-2H3/t12-,13-,16-,17-/m0/s1. The lowest BCUT2D eigenvalue weighted by molar-refractivity contribution is -0.0892. The molecule has 110 valence electrons. The molecule has 0 aromatic heterocycles. The van der Waals surface area contributed by atoms with E-state index in [0.717, 1.165) is 18.5 Å². The number of phenolic OH excluding ortho intramolecular Hbond substituents is 1. The Labute approximate surface area is 121 Å². The van der Waals surface area contributed by atoms with Gasteiger partial charge in [-0.1, -0.05) is 18.6 Å². The fourth-order valence-electron chi connectivity index (χ4n) is 4.45. The molecule has 2 aliphatic rings. The molecule has 0 spiro atoms. The van der Waals surface area contributed by atoms with Crippen molar-refractivity contribution < 1.29 is 10.2 Å². The van der Waals surface area contributed by atoms with Crippen LogP contribution in [0.4, 0.5) is 0 Å². The largest absolute Gasteiger partial charge is 0.508 e. The summed E-state index contributed by atoms with van der Waals surface area (Å²) in [5.74, 6) is 1.77. The van der Waals surface area contributed by atoms with E-state index >= 15 is 0 Å². The van der Waals surface area contributed by atoms with Gasteiger partial charge in [0.1, 0.15) is 5.75 Å². The Kier molecular flexibility index (Phi) is 3.51. The highest BCUT2D eigenvalue weighted by Gasteiger charge is 2.51. The lowest BCUT2D eigenvalue weighted by atomic mass is 9.66. The van der Waals surface area contributed by atoms with E-state index in [-0.39, 0.29) is 11.7 Å².